The van der Waals surface area contributed by atoms with E-state index in [1.54, 1.807) is 11.8 Å². The van der Waals surface area contributed by atoms with Crippen LogP contribution in [0.15, 0.2) is 0 Å². The van der Waals surface area contributed by atoms with Crippen molar-refractivity contribution in [2.75, 3.05) is 12.0 Å². The Bertz CT molecular complexity index is 106. The Labute approximate surface area is 87.4 Å². The van der Waals surface area contributed by atoms with Gasteiger partial charge >= 0.3 is 5.97 Å². The first kappa shape index (κ1) is 17.6. The maximum atomic E-state index is 10.1. The Morgan fingerprint density at radius 2 is 2.18 bits per heavy atom. The SMILES string of the molecule is CSCC[C@H](N)C(=O)O.Cl.[Fe]. The minimum Gasteiger partial charge on any atom is -0.480 e. The molecule has 0 aliphatic heterocycles. The van der Waals surface area contributed by atoms with Crippen molar-refractivity contribution in [1.82, 2.24) is 0 Å². The minimum atomic E-state index is -0.913. The first-order valence-electron chi connectivity index (χ1n) is 2.65. The van der Waals surface area contributed by atoms with E-state index in [1.807, 2.05) is 6.26 Å². The fourth-order valence-electron chi connectivity index (χ4n) is 0.368. The topological polar surface area (TPSA) is 63.3 Å². The van der Waals surface area contributed by atoms with Crippen molar-refractivity contribution in [3.8, 4) is 0 Å². The standard InChI is InChI=1S/C5H11NO2S.ClH.Fe/c1-9-3-2-4(6)5(7)8;;/h4H,2-3,6H2,1H3,(H,7,8);1H;/t4-;;/m0../s1. The van der Waals surface area contributed by atoms with E-state index in [1.165, 1.54) is 0 Å². The number of carboxylic acid groups (broad SMARTS) is 1. The van der Waals surface area contributed by atoms with Gasteiger partial charge in [0.2, 0.25) is 0 Å². The molecule has 0 aromatic carbocycles. The first-order valence-corrected chi connectivity index (χ1v) is 4.05. The molecule has 0 aromatic rings. The van der Waals surface area contributed by atoms with E-state index < -0.39 is 12.0 Å². The van der Waals surface area contributed by atoms with Gasteiger partial charge in [-0.15, -0.1) is 12.4 Å². The molecule has 0 rings (SSSR count). The molecule has 0 fully saturated rings. The number of nitrogens with two attached hydrogens (primary N) is 1. The van der Waals surface area contributed by atoms with Crippen LogP contribution in [0.5, 0.6) is 0 Å². The van der Waals surface area contributed by atoms with E-state index in [0.29, 0.717) is 6.42 Å². The number of aliphatic carboxylic acids is 1. The summed E-state index contributed by atoms with van der Waals surface area (Å²) in [5, 5.41) is 8.27. The van der Waals surface area contributed by atoms with Crippen molar-refractivity contribution in [2.24, 2.45) is 5.73 Å². The van der Waals surface area contributed by atoms with Crippen LogP contribution < -0.4 is 5.73 Å². The third-order valence-corrected chi connectivity index (χ3v) is 1.59. The number of hydrogen-bond acceptors (Lipinski definition) is 3. The zero-order chi connectivity index (χ0) is 7.28. The van der Waals surface area contributed by atoms with Gasteiger partial charge in [0.25, 0.3) is 0 Å². The van der Waals surface area contributed by atoms with Gasteiger partial charge < -0.3 is 10.8 Å². The number of halogens is 1. The quantitative estimate of drug-likeness (QED) is 0.707. The van der Waals surface area contributed by atoms with Crippen LogP contribution in [-0.4, -0.2) is 29.1 Å². The second-order valence-electron chi connectivity index (χ2n) is 1.73. The van der Waals surface area contributed by atoms with E-state index >= 15 is 0 Å². The van der Waals surface area contributed by atoms with Gasteiger partial charge in [0.05, 0.1) is 0 Å². The maximum Gasteiger partial charge on any atom is 0.320 e. The van der Waals surface area contributed by atoms with Gasteiger partial charge in [-0.2, -0.15) is 11.8 Å². The normalized spacial score (nSPS) is 10.7. The fraction of sp³-hybridized carbons (Fsp3) is 0.800. The third-order valence-electron chi connectivity index (χ3n) is 0.950. The van der Waals surface area contributed by atoms with Crippen molar-refractivity contribution < 1.29 is 27.0 Å². The van der Waals surface area contributed by atoms with Gasteiger partial charge in [0, 0.05) is 17.1 Å². The van der Waals surface area contributed by atoms with Crippen molar-refractivity contribution in [1.29, 1.82) is 0 Å². The summed E-state index contributed by atoms with van der Waals surface area (Å²) in [5.74, 6) is -0.1000. The molecule has 11 heavy (non-hydrogen) atoms. The molecule has 0 saturated heterocycles. The van der Waals surface area contributed by atoms with Crippen LogP contribution in [0.2, 0.25) is 0 Å². The van der Waals surface area contributed by atoms with E-state index in [4.69, 9.17) is 10.8 Å². The number of thioether (sulfide) groups is 1. The predicted molar refractivity (Wildman–Crippen MR) is 45.9 cm³/mol. The average Bonchev–Trinajstić information content (AvgIpc) is 1.82. The Balaban J connectivity index is -0.000000320. The molecule has 0 aromatic heterocycles. The summed E-state index contributed by atoms with van der Waals surface area (Å²) in [6, 6.07) is -0.683. The van der Waals surface area contributed by atoms with Crippen LogP contribution in [0, 0.1) is 0 Å². The molecule has 0 unspecified atom stereocenters. The monoisotopic (exact) mass is 241 g/mol. The molecule has 0 amide bonds. The zero-order valence-corrected chi connectivity index (χ0v) is 8.83. The molecule has 3 nitrogen and oxygen atoms in total. The summed E-state index contributed by atoms with van der Waals surface area (Å²) in [5.41, 5.74) is 5.19. The van der Waals surface area contributed by atoms with Gasteiger partial charge in [-0.3, -0.25) is 4.79 Å². The van der Waals surface area contributed by atoms with Crippen LogP contribution in [0.4, 0.5) is 0 Å². The number of hydrogen-bond donors (Lipinski definition) is 2. The van der Waals surface area contributed by atoms with Crippen molar-refractivity contribution in [3.63, 3.8) is 0 Å². The van der Waals surface area contributed by atoms with Gasteiger partial charge in [-0.25, -0.2) is 0 Å². The van der Waals surface area contributed by atoms with Crippen LogP contribution >= 0.6 is 24.2 Å². The molecule has 0 bridgehead atoms. The predicted octanol–water partition coefficient (Wildman–Crippen LogP) is 0.571. The Morgan fingerprint density at radius 1 is 1.73 bits per heavy atom. The summed E-state index contributed by atoms with van der Waals surface area (Å²) in [4.78, 5) is 10.1. The molecule has 3 N–H and O–H groups in total. The van der Waals surface area contributed by atoms with Crippen LogP contribution in [0.3, 0.4) is 0 Å². The largest absolute Gasteiger partial charge is 0.480 e. The third kappa shape index (κ3) is 10.6. The average molecular weight is 242 g/mol. The number of rotatable bonds is 4. The van der Waals surface area contributed by atoms with Gasteiger partial charge in [0.15, 0.2) is 0 Å². The minimum absolute atomic E-state index is 0. The van der Waals surface area contributed by atoms with Crippen LogP contribution in [0.1, 0.15) is 6.42 Å². The van der Waals surface area contributed by atoms with Crippen LogP contribution in [-0.2, 0) is 21.9 Å². The Morgan fingerprint density at radius 3 is 2.45 bits per heavy atom. The zero-order valence-electron chi connectivity index (χ0n) is 6.09. The molecule has 70 valence electrons. The molecule has 0 spiro atoms. The maximum absolute atomic E-state index is 10.1. The molecule has 6 heteroatoms. The summed E-state index contributed by atoms with van der Waals surface area (Å²) < 4.78 is 0. The molecule has 1 atom stereocenters. The van der Waals surface area contributed by atoms with Crippen molar-refractivity contribution >= 4 is 30.1 Å². The van der Waals surface area contributed by atoms with Crippen LogP contribution in [0.25, 0.3) is 0 Å². The summed E-state index contributed by atoms with van der Waals surface area (Å²) >= 11 is 1.60. The molecule has 0 radical (unpaired) electrons. The van der Waals surface area contributed by atoms with E-state index in [2.05, 4.69) is 0 Å². The van der Waals surface area contributed by atoms with Gasteiger partial charge in [-0.05, 0) is 18.4 Å². The number of carboxylic acids is 1. The molecule has 0 aliphatic rings. The molecular formula is C5H12ClFeNO2S. The molecule has 0 saturated carbocycles. The molecule has 0 aliphatic carbocycles. The Hall–Kier alpha value is 0.589. The second-order valence-corrected chi connectivity index (χ2v) is 2.71. The Kier molecular flexibility index (Phi) is 17.0. The smallest absolute Gasteiger partial charge is 0.320 e. The van der Waals surface area contributed by atoms with Crippen molar-refractivity contribution in [3.05, 3.63) is 0 Å². The number of carbonyl (C=O) groups is 1. The van der Waals surface area contributed by atoms with Crippen molar-refractivity contribution in [2.45, 2.75) is 12.5 Å². The van der Waals surface area contributed by atoms with Gasteiger partial charge in [0.1, 0.15) is 6.04 Å². The van der Waals surface area contributed by atoms with E-state index in [0.717, 1.165) is 5.75 Å². The first-order chi connectivity index (χ1) is 4.18. The van der Waals surface area contributed by atoms with E-state index in [-0.39, 0.29) is 29.5 Å². The summed E-state index contributed by atoms with van der Waals surface area (Å²) in [6.07, 6.45) is 2.48. The van der Waals surface area contributed by atoms with E-state index in [9.17, 15) is 4.79 Å². The van der Waals surface area contributed by atoms with Gasteiger partial charge in [-0.1, -0.05) is 0 Å². The second kappa shape index (κ2) is 10.6. The fourth-order valence-corrected chi connectivity index (χ4v) is 0.858. The summed E-state index contributed by atoms with van der Waals surface area (Å²) in [7, 11) is 0. The molecular weight excluding hydrogens is 229 g/mol. The summed E-state index contributed by atoms with van der Waals surface area (Å²) in [6.45, 7) is 0. The molecule has 0 heterocycles.